The molecule has 21 heavy (non-hydrogen) atoms. The smallest absolute Gasteiger partial charge is 0.223 e. The van der Waals surface area contributed by atoms with E-state index in [1.165, 1.54) is 0 Å². The first-order valence-electron chi connectivity index (χ1n) is 7.46. The summed E-state index contributed by atoms with van der Waals surface area (Å²) in [5, 5.41) is 6.42. The minimum atomic E-state index is 0.0450. The van der Waals surface area contributed by atoms with Gasteiger partial charge in [-0.2, -0.15) is 0 Å². The lowest BCUT2D eigenvalue weighted by atomic mass is 9.95. The standard InChI is InChI=1S/C16H24N2O3/c1-12-11-17-9-7-13(12)18-16(19)8-10-21-15-6-4-3-5-14(15)20-2/h3-6,12-13,17H,7-11H2,1-2H3,(H,18,19). The van der Waals surface area contributed by atoms with Gasteiger partial charge in [-0.1, -0.05) is 19.1 Å². The van der Waals surface area contributed by atoms with Crippen LogP contribution in [0.25, 0.3) is 0 Å². The van der Waals surface area contributed by atoms with Gasteiger partial charge in [0.05, 0.1) is 20.1 Å². The number of rotatable bonds is 6. The molecule has 2 N–H and O–H groups in total. The Kier molecular flexibility index (Phi) is 5.87. The Bertz CT molecular complexity index is 465. The highest BCUT2D eigenvalue weighted by molar-refractivity contribution is 5.76. The predicted molar refractivity (Wildman–Crippen MR) is 81.7 cm³/mol. The average Bonchev–Trinajstić information content (AvgIpc) is 2.50. The van der Waals surface area contributed by atoms with E-state index >= 15 is 0 Å². The number of carbonyl (C=O) groups excluding carboxylic acids is 1. The lowest BCUT2D eigenvalue weighted by Gasteiger charge is -2.30. The second-order valence-corrected chi connectivity index (χ2v) is 5.39. The molecule has 0 saturated carbocycles. The molecule has 2 rings (SSSR count). The fourth-order valence-corrected chi connectivity index (χ4v) is 2.50. The van der Waals surface area contributed by atoms with Crippen molar-refractivity contribution in [3.63, 3.8) is 0 Å². The zero-order chi connectivity index (χ0) is 15.1. The van der Waals surface area contributed by atoms with E-state index in [0.717, 1.165) is 19.5 Å². The van der Waals surface area contributed by atoms with Crippen molar-refractivity contribution in [2.75, 3.05) is 26.8 Å². The quantitative estimate of drug-likeness (QED) is 0.836. The molecule has 2 atom stereocenters. The van der Waals surface area contributed by atoms with Crippen molar-refractivity contribution in [2.24, 2.45) is 5.92 Å². The lowest BCUT2D eigenvalue weighted by Crippen LogP contribution is -2.48. The second kappa shape index (κ2) is 7.88. The van der Waals surface area contributed by atoms with Crippen LogP contribution in [0.3, 0.4) is 0 Å². The van der Waals surface area contributed by atoms with E-state index < -0.39 is 0 Å². The summed E-state index contributed by atoms with van der Waals surface area (Å²) in [5.41, 5.74) is 0. The summed E-state index contributed by atoms with van der Waals surface area (Å²) in [6, 6.07) is 7.72. The lowest BCUT2D eigenvalue weighted by molar-refractivity contribution is -0.122. The van der Waals surface area contributed by atoms with E-state index in [0.29, 0.717) is 30.4 Å². The van der Waals surface area contributed by atoms with E-state index in [2.05, 4.69) is 17.6 Å². The van der Waals surface area contributed by atoms with Crippen molar-refractivity contribution in [3.8, 4) is 11.5 Å². The maximum atomic E-state index is 12.0. The molecular weight excluding hydrogens is 268 g/mol. The molecule has 2 unspecified atom stereocenters. The van der Waals surface area contributed by atoms with E-state index in [9.17, 15) is 4.79 Å². The van der Waals surface area contributed by atoms with Crippen LogP contribution in [0.2, 0.25) is 0 Å². The monoisotopic (exact) mass is 292 g/mol. The number of benzene rings is 1. The van der Waals surface area contributed by atoms with Gasteiger partial charge in [-0.05, 0) is 37.6 Å². The number of ether oxygens (including phenoxy) is 2. The van der Waals surface area contributed by atoms with Gasteiger partial charge in [0.15, 0.2) is 11.5 Å². The van der Waals surface area contributed by atoms with Gasteiger partial charge in [-0.25, -0.2) is 0 Å². The number of methoxy groups -OCH3 is 1. The molecule has 5 heteroatoms. The van der Waals surface area contributed by atoms with Crippen LogP contribution in [0.5, 0.6) is 11.5 Å². The van der Waals surface area contributed by atoms with E-state index in [1.807, 2.05) is 24.3 Å². The second-order valence-electron chi connectivity index (χ2n) is 5.39. The Hall–Kier alpha value is -1.75. The first-order valence-corrected chi connectivity index (χ1v) is 7.46. The number of hydrogen-bond acceptors (Lipinski definition) is 4. The highest BCUT2D eigenvalue weighted by Gasteiger charge is 2.22. The van der Waals surface area contributed by atoms with Crippen molar-refractivity contribution >= 4 is 5.91 Å². The minimum absolute atomic E-state index is 0.0450. The molecule has 0 bridgehead atoms. The first-order chi connectivity index (χ1) is 10.2. The van der Waals surface area contributed by atoms with Gasteiger partial charge in [0.1, 0.15) is 0 Å². The van der Waals surface area contributed by atoms with E-state index in [-0.39, 0.29) is 11.9 Å². The molecule has 1 heterocycles. The minimum Gasteiger partial charge on any atom is -0.493 e. The van der Waals surface area contributed by atoms with Gasteiger partial charge in [0.2, 0.25) is 5.91 Å². The van der Waals surface area contributed by atoms with Crippen LogP contribution < -0.4 is 20.1 Å². The third-order valence-corrected chi connectivity index (χ3v) is 3.79. The Balaban J connectivity index is 1.74. The molecule has 1 amide bonds. The number of piperidine rings is 1. The molecule has 1 aromatic carbocycles. The Morgan fingerprint density at radius 3 is 2.86 bits per heavy atom. The maximum Gasteiger partial charge on any atom is 0.223 e. The maximum absolute atomic E-state index is 12.0. The number of amides is 1. The molecule has 5 nitrogen and oxygen atoms in total. The summed E-state index contributed by atoms with van der Waals surface area (Å²) in [6.07, 6.45) is 1.34. The van der Waals surface area contributed by atoms with Gasteiger partial charge in [0, 0.05) is 6.04 Å². The van der Waals surface area contributed by atoms with Crippen molar-refractivity contribution < 1.29 is 14.3 Å². The van der Waals surface area contributed by atoms with Crippen LogP contribution >= 0.6 is 0 Å². The van der Waals surface area contributed by atoms with Crippen LogP contribution in [0.4, 0.5) is 0 Å². The molecule has 0 spiro atoms. The molecule has 1 fully saturated rings. The number of nitrogens with one attached hydrogen (secondary N) is 2. The van der Waals surface area contributed by atoms with Crippen molar-refractivity contribution in [1.82, 2.24) is 10.6 Å². The molecule has 1 aliphatic rings. The van der Waals surface area contributed by atoms with Gasteiger partial charge >= 0.3 is 0 Å². The first kappa shape index (κ1) is 15.6. The van der Waals surface area contributed by atoms with Crippen molar-refractivity contribution in [2.45, 2.75) is 25.8 Å². The number of hydrogen-bond donors (Lipinski definition) is 2. The van der Waals surface area contributed by atoms with Crippen molar-refractivity contribution in [3.05, 3.63) is 24.3 Å². The number of carbonyl (C=O) groups is 1. The van der Waals surface area contributed by atoms with Crippen LogP contribution in [0.1, 0.15) is 19.8 Å². The van der Waals surface area contributed by atoms with E-state index in [1.54, 1.807) is 7.11 Å². The molecule has 116 valence electrons. The van der Waals surface area contributed by atoms with E-state index in [4.69, 9.17) is 9.47 Å². The van der Waals surface area contributed by atoms with Crippen LogP contribution in [-0.4, -0.2) is 38.8 Å². The molecule has 0 aliphatic carbocycles. The van der Waals surface area contributed by atoms with Gasteiger partial charge in [-0.3, -0.25) is 4.79 Å². The highest BCUT2D eigenvalue weighted by atomic mass is 16.5. The third-order valence-electron chi connectivity index (χ3n) is 3.79. The highest BCUT2D eigenvalue weighted by Crippen LogP contribution is 2.25. The normalized spacial score (nSPS) is 21.6. The van der Waals surface area contributed by atoms with Crippen LogP contribution in [-0.2, 0) is 4.79 Å². The fraction of sp³-hybridized carbons (Fsp3) is 0.562. The Morgan fingerprint density at radius 2 is 2.14 bits per heavy atom. The Morgan fingerprint density at radius 1 is 1.38 bits per heavy atom. The predicted octanol–water partition coefficient (Wildman–Crippen LogP) is 1.58. The SMILES string of the molecule is COc1ccccc1OCCC(=O)NC1CCNCC1C. The summed E-state index contributed by atoms with van der Waals surface area (Å²) in [7, 11) is 1.60. The van der Waals surface area contributed by atoms with Gasteiger partial charge in [-0.15, -0.1) is 0 Å². The summed E-state index contributed by atoms with van der Waals surface area (Å²) in [5.74, 6) is 1.87. The van der Waals surface area contributed by atoms with Crippen LogP contribution in [0, 0.1) is 5.92 Å². The topological polar surface area (TPSA) is 59.6 Å². The molecular formula is C16H24N2O3. The van der Waals surface area contributed by atoms with Gasteiger partial charge in [0.25, 0.3) is 0 Å². The summed E-state index contributed by atoms with van der Waals surface area (Å²) >= 11 is 0. The average molecular weight is 292 g/mol. The molecule has 1 aliphatic heterocycles. The molecule has 1 saturated heterocycles. The van der Waals surface area contributed by atoms with Crippen LogP contribution in [0.15, 0.2) is 24.3 Å². The summed E-state index contributed by atoms with van der Waals surface area (Å²) in [6.45, 7) is 4.43. The molecule has 0 aromatic heterocycles. The molecule has 0 radical (unpaired) electrons. The van der Waals surface area contributed by atoms with Crippen molar-refractivity contribution in [1.29, 1.82) is 0 Å². The Labute approximate surface area is 126 Å². The summed E-state index contributed by atoms with van der Waals surface area (Å²) < 4.78 is 10.8. The fourth-order valence-electron chi connectivity index (χ4n) is 2.50. The number of para-hydroxylation sites is 2. The third kappa shape index (κ3) is 4.63. The summed E-state index contributed by atoms with van der Waals surface area (Å²) in [4.78, 5) is 12.0. The van der Waals surface area contributed by atoms with Gasteiger partial charge < -0.3 is 20.1 Å². The largest absolute Gasteiger partial charge is 0.493 e. The molecule has 1 aromatic rings. The zero-order valence-corrected chi connectivity index (χ0v) is 12.7. The zero-order valence-electron chi connectivity index (χ0n) is 12.7.